The molecule has 1 aliphatic rings. The van der Waals surface area contributed by atoms with Crippen molar-refractivity contribution in [3.63, 3.8) is 0 Å². The molecule has 0 radical (unpaired) electrons. The second kappa shape index (κ2) is 8.13. The van der Waals surface area contributed by atoms with Gasteiger partial charge in [-0.25, -0.2) is 0 Å². The molecule has 0 aromatic heterocycles. The molecule has 1 amide bonds. The van der Waals surface area contributed by atoms with Gasteiger partial charge in [-0.2, -0.15) is 0 Å². The van der Waals surface area contributed by atoms with E-state index in [4.69, 9.17) is 0 Å². The molecule has 0 unspecified atom stereocenters. The third-order valence-electron chi connectivity index (χ3n) is 5.08. The molecule has 0 spiro atoms. The van der Waals surface area contributed by atoms with Crippen LogP contribution < -0.4 is 0 Å². The summed E-state index contributed by atoms with van der Waals surface area (Å²) in [4.78, 5) is 14.6. The first-order valence-electron chi connectivity index (χ1n) is 9.09. The Balaban J connectivity index is 2.11. The van der Waals surface area contributed by atoms with Crippen LogP contribution in [0.3, 0.4) is 0 Å². The molecule has 0 bridgehead atoms. The molecule has 0 saturated carbocycles. The van der Waals surface area contributed by atoms with Gasteiger partial charge in [0.05, 0.1) is 12.7 Å². The van der Waals surface area contributed by atoms with E-state index in [1.54, 1.807) is 4.90 Å². The van der Waals surface area contributed by atoms with Crippen molar-refractivity contribution in [1.82, 2.24) is 4.90 Å². The van der Waals surface area contributed by atoms with Gasteiger partial charge in [0.1, 0.15) is 0 Å². The van der Waals surface area contributed by atoms with Crippen LogP contribution >= 0.6 is 0 Å². The van der Waals surface area contributed by atoms with E-state index >= 15 is 0 Å². The summed E-state index contributed by atoms with van der Waals surface area (Å²) in [7, 11) is 0. The normalized spacial score (nSPS) is 24.4. The molecule has 1 fully saturated rings. The SMILES string of the molecule is CCC[C@@]1(CO)CN(C(=O)c2ccc(CC(C)C)cc2)CC[C@@H]1O. The van der Waals surface area contributed by atoms with E-state index in [1.807, 2.05) is 31.2 Å². The maximum Gasteiger partial charge on any atom is 0.253 e. The minimum Gasteiger partial charge on any atom is -0.396 e. The van der Waals surface area contributed by atoms with Gasteiger partial charge in [0.15, 0.2) is 0 Å². The van der Waals surface area contributed by atoms with Crippen molar-refractivity contribution in [2.24, 2.45) is 11.3 Å². The number of rotatable bonds is 6. The number of aliphatic hydroxyl groups is 2. The summed E-state index contributed by atoms with van der Waals surface area (Å²) in [6.45, 7) is 7.28. The predicted octanol–water partition coefficient (Wildman–Crippen LogP) is 2.87. The Kier molecular flexibility index (Phi) is 6.41. The topological polar surface area (TPSA) is 60.8 Å². The van der Waals surface area contributed by atoms with Crippen LogP contribution in [0, 0.1) is 11.3 Å². The highest BCUT2D eigenvalue weighted by Gasteiger charge is 2.43. The lowest BCUT2D eigenvalue weighted by Gasteiger charge is -2.45. The highest BCUT2D eigenvalue weighted by molar-refractivity contribution is 5.94. The molecule has 0 aliphatic carbocycles. The molecule has 1 heterocycles. The number of piperidine rings is 1. The van der Waals surface area contributed by atoms with Crippen molar-refractivity contribution < 1.29 is 15.0 Å². The van der Waals surface area contributed by atoms with Gasteiger partial charge in [0.25, 0.3) is 5.91 Å². The highest BCUT2D eigenvalue weighted by atomic mass is 16.3. The van der Waals surface area contributed by atoms with Crippen LogP contribution in [-0.4, -0.2) is 46.8 Å². The van der Waals surface area contributed by atoms with E-state index in [1.165, 1.54) is 5.56 Å². The number of aliphatic hydroxyl groups excluding tert-OH is 2. The van der Waals surface area contributed by atoms with Crippen LogP contribution in [0.2, 0.25) is 0 Å². The van der Waals surface area contributed by atoms with Crippen molar-refractivity contribution in [3.8, 4) is 0 Å². The number of hydrogen-bond acceptors (Lipinski definition) is 3. The van der Waals surface area contributed by atoms with Crippen LogP contribution in [0.25, 0.3) is 0 Å². The fourth-order valence-electron chi connectivity index (χ4n) is 3.74. The molecule has 1 aromatic rings. The second-order valence-electron chi connectivity index (χ2n) is 7.60. The largest absolute Gasteiger partial charge is 0.396 e. The zero-order valence-corrected chi connectivity index (χ0v) is 15.2. The second-order valence-corrected chi connectivity index (χ2v) is 7.60. The summed E-state index contributed by atoms with van der Waals surface area (Å²) in [5.74, 6) is 0.585. The zero-order valence-electron chi connectivity index (χ0n) is 15.2. The molecule has 2 atom stereocenters. The molecule has 4 heteroatoms. The summed E-state index contributed by atoms with van der Waals surface area (Å²) < 4.78 is 0. The van der Waals surface area contributed by atoms with Crippen LogP contribution in [0.5, 0.6) is 0 Å². The Morgan fingerprint density at radius 2 is 2.00 bits per heavy atom. The van der Waals surface area contributed by atoms with Crippen LogP contribution in [0.15, 0.2) is 24.3 Å². The molecule has 1 aromatic carbocycles. The maximum atomic E-state index is 12.8. The number of carbonyl (C=O) groups excluding carboxylic acids is 1. The first-order valence-corrected chi connectivity index (χ1v) is 9.09. The Hall–Kier alpha value is -1.39. The number of benzene rings is 1. The van der Waals surface area contributed by atoms with Crippen molar-refractivity contribution in [2.45, 2.75) is 52.6 Å². The van der Waals surface area contributed by atoms with Gasteiger partial charge in [-0.05, 0) is 42.9 Å². The molecular formula is C20H31NO3. The maximum absolute atomic E-state index is 12.8. The molecule has 2 N–H and O–H groups in total. The van der Waals surface area contributed by atoms with Gasteiger partial charge in [-0.3, -0.25) is 4.79 Å². The average Bonchev–Trinajstić information content (AvgIpc) is 2.56. The van der Waals surface area contributed by atoms with E-state index in [2.05, 4.69) is 13.8 Å². The Labute approximate surface area is 145 Å². The lowest BCUT2D eigenvalue weighted by atomic mass is 9.74. The quantitative estimate of drug-likeness (QED) is 0.841. The zero-order chi connectivity index (χ0) is 17.7. The van der Waals surface area contributed by atoms with E-state index in [0.717, 1.165) is 19.3 Å². The van der Waals surface area contributed by atoms with Gasteiger partial charge in [-0.1, -0.05) is 39.3 Å². The fraction of sp³-hybridized carbons (Fsp3) is 0.650. The van der Waals surface area contributed by atoms with Crippen LogP contribution in [0.4, 0.5) is 0 Å². The lowest BCUT2D eigenvalue weighted by Crippen LogP contribution is -2.55. The summed E-state index contributed by atoms with van der Waals surface area (Å²) >= 11 is 0. The van der Waals surface area contributed by atoms with Gasteiger partial charge >= 0.3 is 0 Å². The summed E-state index contributed by atoms with van der Waals surface area (Å²) in [5, 5.41) is 20.2. The third kappa shape index (κ3) is 4.17. The summed E-state index contributed by atoms with van der Waals surface area (Å²) in [6, 6.07) is 7.84. The number of nitrogens with zero attached hydrogens (tertiary/aromatic N) is 1. The minimum atomic E-state index is -0.583. The van der Waals surface area contributed by atoms with Gasteiger partial charge in [0, 0.05) is 24.1 Å². The molecule has 1 saturated heterocycles. The summed E-state index contributed by atoms with van der Waals surface area (Å²) in [6.07, 6.45) is 2.59. The first-order chi connectivity index (χ1) is 11.4. The Morgan fingerprint density at radius 1 is 1.33 bits per heavy atom. The smallest absolute Gasteiger partial charge is 0.253 e. The van der Waals surface area contributed by atoms with Crippen molar-refractivity contribution in [1.29, 1.82) is 0 Å². The minimum absolute atomic E-state index is 0.00748. The van der Waals surface area contributed by atoms with Crippen LogP contribution in [0.1, 0.15) is 56.0 Å². The molecule has 2 rings (SSSR count). The van der Waals surface area contributed by atoms with Gasteiger partial charge in [-0.15, -0.1) is 0 Å². The van der Waals surface area contributed by atoms with E-state index in [-0.39, 0.29) is 12.5 Å². The Bertz CT molecular complexity index is 540. The molecule has 1 aliphatic heterocycles. The molecule has 4 nitrogen and oxygen atoms in total. The average molecular weight is 333 g/mol. The third-order valence-corrected chi connectivity index (χ3v) is 5.08. The van der Waals surface area contributed by atoms with Crippen LogP contribution in [-0.2, 0) is 6.42 Å². The van der Waals surface area contributed by atoms with Crippen molar-refractivity contribution >= 4 is 5.91 Å². The standard InChI is InChI=1S/C20H31NO3/c1-4-10-20(14-22)13-21(11-9-18(20)23)19(24)17-7-5-16(6-8-17)12-15(2)3/h5-8,15,18,22-23H,4,9-14H2,1-3H3/t18-,20-/m0/s1. The Morgan fingerprint density at radius 3 is 2.54 bits per heavy atom. The number of likely N-dealkylation sites (tertiary alicyclic amines) is 1. The lowest BCUT2D eigenvalue weighted by molar-refractivity contribution is -0.0720. The number of carbonyl (C=O) groups is 1. The van der Waals surface area contributed by atoms with Crippen molar-refractivity contribution in [3.05, 3.63) is 35.4 Å². The molecular weight excluding hydrogens is 302 g/mol. The molecule has 24 heavy (non-hydrogen) atoms. The van der Waals surface area contributed by atoms with E-state index < -0.39 is 11.5 Å². The first kappa shape index (κ1) is 18.9. The molecule has 134 valence electrons. The van der Waals surface area contributed by atoms with E-state index in [0.29, 0.717) is 31.0 Å². The number of amides is 1. The number of hydrogen-bond donors (Lipinski definition) is 2. The highest BCUT2D eigenvalue weighted by Crippen LogP contribution is 2.35. The monoisotopic (exact) mass is 333 g/mol. The van der Waals surface area contributed by atoms with Gasteiger partial charge < -0.3 is 15.1 Å². The predicted molar refractivity (Wildman–Crippen MR) is 95.9 cm³/mol. The van der Waals surface area contributed by atoms with Crippen molar-refractivity contribution in [2.75, 3.05) is 19.7 Å². The van der Waals surface area contributed by atoms with Gasteiger partial charge in [0.2, 0.25) is 0 Å². The summed E-state index contributed by atoms with van der Waals surface area (Å²) in [5.41, 5.74) is 1.34. The van der Waals surface area contributed by atoms with E-state index in [9.17, 15) is 15.0 Å². The fourth-order valence-corrected chi connectivity index (χ4v) is 3.74.